The Labute approximate surface area is 146 Å². The van der Waals surface area contributed by atoms with Gasteiger partial charge in [0, 0.05) is 5.56 Å². The highest BCUT2D eigenvalue weighted by molar-refractivity contribution is 7.92. The minimum atomic E-state index is -3.48. The number of carbonyl (C=O) groups is 2. The van der Waals surface area contributed by atoms with Gasteiger partial charge in [0.25, 0.3) is 5.91 Å². The van der Waals surface area contributed by atoms with Gasteiger partial charge in [0.15, 0.2) is 0 Å². The second kappa shape index (κ2) is 7.35. The quantitative estimate of drug-likeness (QED) is 0.719. The molecule has 0 spiro atoms. The van der Waals surface area contributed by atoms with Crippen LogP contribution in [-0.4, -0.2) is 26.5 Å². The highest BCUT2D eigenvalue weighted by atomic mass is 32.2. The van der Waals surface area contributed by atoms with Crippen molar-refractivity contribution in [3.8, 4) is 0 Å². The molecule has 2 rings (SSSR count). The van der Waals surface area contributed by atoms with Crippen molar-refractivity contribution in [2.24, 2.45) is 5.73 Å². The van der Waals surface area contributed by atoms with Gasteiger partial charge in [0.2, 0.25) is 15.9 Å². The van der Waals surface area contributed by atoms with Gasteiger partial charge in [0.05, 0.1) is 11.9 Å². The average molecular weight is 361 g/mol. The average Bonchev–Trinajstić information content (AvgIpc) is 2.53. The number of nitrogens with two attached hydrogens (primary N) is 1. The molecule has 7 nitrogen and oxygen atoms in total. The molecule has 2 aromatic rings. The SMILES string of the molecule is Cc1ccc(C(=O)NC(C(N)=O)c2ccccc2)cc1NS(C)(=O)=O. The molecule has 2 aromatic carbocycles. The van der Waals surface area contributed by atoms with Crippen LogP contribution in [0.15, 0.2) is 48.5 Å². The van der Waals surface area contributed by atoms with Crippen LogP contribution in [0.3, 0.4) is 0 Å². The lowest BCUT2D eigenvalue weighted by Gasteiger charge is -2.16. The van der Waals surface area contributed by atoms with E-state index in [0.717, 1.165) is 6.26 Å². The van der Waals surface area contributed by atoms with E-state index in [4.69, 9.17) is 5.73 Å². The van der Waals surface area contributed by atoms with E-state index < -0.39 is 27.9 Å². The maximum atomic E-state index is 12.5. The molecule has 25 heavy (non-hydrogen) atoms. The molecule has 0 aliphatic carbocycles. The van der Waals surface area contributed by atoms with Crippen LogP contribution in [0.1, 0.15) is 27.5 Å². The lowest BCUT2D eigenvalue weighted by Crippen LogP contribution is -2.37. The van der Waals surface area contributed by atoms with Gasteiger partial charge in [-0.1, -0.05) is 36.4 Å². The molecule has 2 amide bonds. The molecular formula is C17H19N3O4S. The molecule has 1 atom stereocenters. The van der Waals surface area contributed by atoms with E-state index in [1.54, 1.807) is 49.4 Å². The standard InChI is InChI=1S/C17H19N3O4S/c1-11-8-9-13(10-14(11)20-25(2,23)24)17(22)19-15(16(18)21)12-6-4-3-5-7-12/h3-10,15,20H,1-2H3,(H2,18,21)(H,19,22). The minimum absolute atomic E-state index is 0.207. The molecule has 8 heteroatoms. The number of carbonyl (C=O) groups excluding carboxylic acids is 2. The second-order valence-corrected chi connectivity index (χ2v) is 7.37. The molecule has 0 aliphatic rings. The number of sulfonamides is 1. The summed E-state index contributed by atoms with van der Waals surface area (Å²) in [4.78, 5) is 24.2. The van der Waals surface area contributed by atoms with E-state index in [1.807, 2.05) is 0 Å². The fourth-order valence-electron chi connectivity index (χ4n) is 2.25. The topological polar surface area (TPSA) is 118 Å². The Balaban J connectivity index is 2.28. The Hall–Kier alpha value is -2.87. The largest absolute Gasteiger partial charge is 0.368 e. The predicted octanol–water partition coefficient (Wildman–Crippen LogP) is 1.32. The van der Waals surface area contributed by atoms with E-state index in [9.17, 15) is 18.0 Å². The predicted molar refractivity (Wildman–Crippen MR) is 95.5 cm³/mol. The van der Waals surface area contributed by atoms with Gasteiger partial charge in [-0.15, -0.1) is 0 Å². The van der Waals surface area contributed by atoms with Crippen LogP contribution < -0.4 is 15.8 Å². The van der Waals surface area contributed by atoms with Crippen molar-refractivity contribution in [2.75, 3.05) is 11.0 Å². The summed E-state index contributed by atoms with van der Waals surface area (Å²) in [6.45, 7) is 1.71. The summed E-state index contributed by atoms with van der Waals surface area (Å²) >= 11 is 0. The van der Waals surface area contributed by atoms with Gasteiger partial charge in [-0.25, -0.2) is 8.42 Å². The van der Waals surface area contributed by atoms with Crippen LogP contribution in [-0.2, 0) is 14.8 Å². The molecule has 0 saturated heterocycles. The fourth-order valence-corrected chi connectivity index (χ4v) is 2.87. The van der Waals surface area contributed by atoms with Gasteiger partial charge < -0.3 is 11.1 Å². The third-order valence-electron chi connectivity index (χ3n) is 3.49. The summed E-state index contributed by atoms with van der Waals surface area (Å²) in [6.07, 6.45) is 1.03. The van der Waals surface area contributed by atoms with Gasteiger partial charge >= 0.3 is 0 Å². The Morgan fingerprint density at radius 1 is 1.08 bits per heavy atom. The number of hydrogen-bond donors (Lipinski definition) is 3. The van der Waals surface area contributed by atoms with E-state index in [-0.39, 0.29) is 5.56 Å². The Bertz CT molecular complexity index is 895. The maximum absolute atomic E-state index is 12.5. The Kier molecular flexibility index (Phi) is 5.43. The van der Waals surface area contributed by atoms with Gasteiger partial charge in [0.1, 0.15) is 6.04 Å². The summed E-state index contributed by atoms with van der Waals surface area (Å²) in [5.74, 6) is -1.23. The van der Waals surface area contributed by atoms with Gasteiger partial charge in [-0.05, 0) is 30.2 Å². The fraction of sp³-hybridized carbons (Fsp3) is 0.176. The molecule has 132 valence electrons. The highest BCUT2D eigenvalue weighted by Gasteiger charge is 2.21. The van der Waals surface area contributed by atoms with Crippen LogP contribution in [0.4, 0.5) is 5.69 Å². The van der Waals surface area contributed by atoms with Gasteiger partial charge in [-0.2, -0.15) is 0 Å². The Morgan fingerprint density at radius 3 is 2.28 bits per heavy atom. The first-order valence-corrected chi connectivity index (χ1v) is 9.30. The molecule has 0 bridgehead atoms. The smallest absolute Gasteiger partial charge is 0.252 e. The van der Waals surface area contributed by atoms with E-state index >= 15 is 0 Å². The van der Waals surface area contributed by atoms with Crippen molar-refractivity contribution >= 4 is 27.5 Å². The van der Waals surface area contributed by atoms with Crippen LogP contribution in [0.5, 0.6) is 0 Å². The number of hydrogen-bond acceptors (Lipinski definition) is 4. The summed E-state index contributed by atoms with van der Waals surface area (Å²) in [6, 6.07) is 12.2. The summed E-state index contributed by atoms with van der Waals surface area (Å²) in [7, 11) is -3.48. The molecular weight excluding hydrogens is 342 g/mol. The summed E-state index contributed by atoms with van der Waals surface area (Å²) < 4.78 is 25.2. The van der Waals surface area contributed by atoms with E-state index in [0.29, 0.717) is 16.8 Å². The molecule has 1 unspecified atom stereocenters. The Morgan fingerprint density at radius 2 is 1.72 bits per heavy atom. The van der Waals surface area contributed by atoms with Crippen molar-refractivity contribution < 1.29 is 18.0 Å². The first-order valence-electron chi connectivity index (χ1n) is 7.41. The lowest BCUT2D eigenvalue weighted by atomic mass is 10.0. The van der Waals surface area contributed by atoms with E-state index in [2.05, 4.69) is 10.0 Å². The highest BCUT2D eigenvalue weighted by Crippen LogP contribution is 2.19. The van der Waals surface area contributed by atoms with Crippen molar-refractivity contribution in [2.45, 2.75) is 13.0 Å². The van der Waals surface area contributed by atoms with Crippen molar-refractivity contribution in [1.82, 2.24) is 5.32 Å². The number of rotatable bonds is 6. The molecule has 4 N–H and O–H groups in total. The third-order valence-corrected chi connectivity index (χ3v) is 4.08. The number of nitrogens with one attached hydrogen (secondary N) is 2. The molecule has 0 heterocycles. The molecule has 0 radical (unpaired) electrons. The number of aryl methyl sites for hydroxylation is 1. The first kappa shape index (κ1) is 18.5. The lowest BCUT2D eigenvalue weighted by molar-refractivity contribution is -0.120. The van der Waals surface area contributed by atoms with Crippen LogP contribution >= 0.6 is 0 Å². The second-order valence-electron chi connectivity index (χ2n) is 5.62. The zero-order valence-corrected chi connectivity index (χ0v) is 14.6. The monoisotopic (exact) mass is 361 g/mol. The number of anilines is 1. The normalized spacial score (nSPS) is 12.2. The molecule has 0 saturated carbocycles. The zero-order chi connectivity index (χ0) is 18.6. The van der Waals surface area contributed by atoms with Crippen molar-refractivity contribution in [1.29, 1.82) is 0 Å². The number of benzene rings is 2. The number of primary amides is 1. The zero-order valence-electron chi connectivity index (χ0n) is 13.8. The van der Waals surface area contributed by atoms with Crippen molar-refractivity contribution in [3.63, 3.8) is 0 Å². The van der Waals surface area contributed by atoms with E-state index in [1.165, 1.54) is 6.07 Å². The summed E-state index contributed by atoms with van der Waals surface area (Å²) in [5.41, 5.74) is 7.11. The molecule has 0 fully saturated rings. The first-order chi connectivity index (χ1) is 11.7. The summed E-state index contributed by atoms with van der Waals surface area (Å²) in [5, 5.41) is 2.57. The minimum Gasteiger partial charge on any atom is -0.368 e. The number of amides is 2. The van der Waals surface area contributed by atoms with Crippen LogP contribution in [0.2, 0.25) is 0 Å². The van der Waals surface area contributed by atoms with Gasteiger partial charge in [-0.3, -0.25) is 14.3 Å². The molecule has 0 aliphatic heterocycles. The third kappa shape index (κ3) is 5.05. The molecule has 0 aromatic heterocycles. The van der Waals surface area contributed by atoms with Crippen LogP contribution in [0, 0.1) is 6.92 Å². The maximum Gasteiger partial charge on any atom is 0.252 e. The van der Waals surface area contributed by atoms with Crippen molar-refractivity contribution in [3.05, 3.63) is 65.2 Å². The van der Waals surface area contributed by atoms with Crippen LogP contribution in [0.25, 0.3) is 0 Å².